The van der Waals surface area contributed by atoms with Crippen LogP contribution in [0.25, 0.3) is 0 Å². The highest BCUT2D eigenvalue weighted by molar-refractivity contribution is 5.70. The van der Waals surface area contributed by atoms with Crippen LogP contribution in [0.1, 0.15) is 44.1 Å². The van der Waals surface area contributed by atoms with Crippen molar-refractivity contribution in [3.8, 4) is 5.75 Å². The Balaban J connectivity index is 2.12. The van der Waals surface area contributed by atoms with Gasteiger partial charge in [-0.2, -0.15) is 0 Å². The molecule has 0 unspecified atom stereocenters. The summed E-state index contributed by atoms with van der Waals surface area (Å²) in [6.07, 6.45) is 3.62. The molecule has 0 heterocycles. The van der Waals surface area contributed by atoms with Crippen LogP contribution in [-0.2, 0) is 4.79 Å². The summed E-state index contributed by atoms with van der Waals surface area (Å²) in [4.78, 5) is 11.1. The molecule has 3 nitrogen and oxygen atoms in total. The topological polar surface area (TPSA) is 46.5 Å². The van der Waals surface area contributed by atoms with E-state index in [1.165, 1.54) is 5.56 Å². The Hall–Kier alpha value is -1.51. The first-order valence-corrected chi connectivity index (χ1v) is 7.02. The maximum atomic E-state index is 11.1. The molecule has 0 spiro atoms. The molecule has 3 heteroatoms. The van der Waals surface area contributed by atoms with Gasteiger partial charge < -0.3 is 9.84 Å². The number of carboxylic acids is 1. The fourth-order valence-corrected chi connectivity index (χ4v) is 3.23. The SMILES string of the molecule is CC[C@@H]1C[C@H](C(=O)O)CC[C@H]1c1ccc(OC)cc1. The maximum Gasteiger partial charge on any atom is 0.306 e. The van der Waals surface area contributed by atoms with Gasteiger partial charge in [0, 0.05) is 0 Å². The molecule has 104 valence electrons. The molecular formula is C16H22O3. The van der Waals surface area contributed by atoms with Crippen LogP contribution in [0.5, 0.6) is 5.75 Å². The second kappa shape index (κ2) is 6.09. The van der Waals surface area contributed by atoms with Gasteiger partial charge in [0.05, 0.1) is 13.0 Å². The lowest BCUT2D eigenvalue weighted by Crippen LogP contribution is -2.27. The fraction of sp³-hybridized carbons (Fsp3) is 0.562. The minimum Gasteiger partial charge on any atom is -0.497 e. The van der Waals surface area contributed by atoms with Crippen LogP contribution in [0.2, 0.25) is 0 Å². The number of benzene rings is 1. The molecule has 1 aromatic rings. The van der Waals surface area contributed by atoms with Gasteiger partial charge in [-0.15, -0.1) is 0 Å². The van der Waals surface area contributed by atoms with Crippen molar-refractivity contribution in [2.45, 2.75) is 38.5 Å². The number of methoxy groups -OCH3 is 1. The predicted octanol–water partition coefficient (Wildman–Crippen LogP) is 3.69. The van der Waals surface area contributed by atoms with Gasteiger partial charge in [-0.3, -0.25) is 4.79 Å². The van der Waals surface area contributed by atoms with E-state index in [1.807, 2.05) is 12.1 Å². The van der Waals surface area contributed by atoms with Gasteiger partial charge in [0.15, 0.2) is 0 Å². The molecule has 1 saturated carbocycles. The highest BCUT2D eigenvalue weighted by Gasteiger charge is 2.33. The van der Waals surface area contributed by atoms with Crippen molar-refractivity contribution in [1.29, 1.82) is 0 Å². The van der Waals surface area contributed by atoms with Crippen molar-refractivity contribution in [3.63, 3.8) is 0 Å². The average molecular weight is 262 g/mol. The molecule has 1 aliphatic carbocycles. The molecule has 0 bridgehead atoms. The van der Waals surface area contributed by atoms with Gasteiger partial charge in [-0.25, -0.2) is 0 Å². The van der Waals surface area contributed by atoms with E-state index in [0.717, 1.165) is 31.4 Å². The highest BCUT2D eigenvalue weighted by atomic mass is 16.5. The van der Waals surface area contributed by atoms with Crippen LogP contribution in [0.4, 0.5) is 0 Å². The van der Waals surface area contributed by atoms with Gasteiger partial charge in [-0.1, -0.05) is 25.5 Å². The Bertz CT molecular complexity index is 424. The molecule has 3 atom stereocenters. The molecule has 0 aromatic heterocycles. The van der Waals surface area contributed by atoms with E-state index in [-0.39, 0.29) is 5.92 Å². The first-order chi connectivity index (χ1) is 9.15. The van der Waals surface area contributed by atoms with Crippen molar-refractivity contribution >= 4 is 5.97 Å². The number of ether oxygens (including phenoxy) is 1. The van der Waals surface area contributed by atoms with Crippen LogP contribution < -0.4 is 4.74 Å². The minimum absolute atomic E-state index is 0.153. The van der Waals surface area contributed by atoms with Crippen LogP contribution in [0, 0.1) is 11.8 Å². The quantitative estimate of drug-likeness (QED) is 0.900. The minimum atomic E-state index is -0.633. The highest BCUT2D eigenvalue weighted by Crippen LogP contribution is 2.42. The summed E-state index contributed by atoms with van der Waals surface area (Å²) < 4.78 is 5.18. The summed E-state index contributed by atoms with van der Waals surface area (Å²) in [5, 5.41) is 9.16. The van der Waals surface area contributed by atoms with Gasteiger partial charge in [-0.05, 0) is 48.8 Å². The molecule has 1 aliphatic rings. The van der Waals surface area contributed by atoms with Gasteiger partial charge in [0.1, 0.15) is 5.75 Å². The molecule has 1 fully saturated rings. The van der Waals surface area contributed by atoms with E-state index in [0.29, 0.717) is 11.8 Å². The molecule has 1 aromatic carbocycles. The smallest absolute Gasteiger partial charge is 0.306 e. The molecule has 0 aliphatic heterocycles. The van der Waals surface area contributed by atoms with E-state index in [1.54, 1.807) is 7.11 Å². The molecule has 19 heavy (non-hydrogen) atoms. The Morgan fingerprint density at radius 2 is 2.00 bits per heavy atom. The number of aliphatic carboxylic acids is 1. The van der Waals surface area contributed by atoms with E-state index >= 15 is 0 Å². The first-order valence-electron chi connectivity index (χ1n) is 7.02. The second-order valence-electron chi connectivity index (χ2n) is 5.40. The van der Waals surface area contributed by atoms with Gasteiger partial charge in [0.2, 0.25) is 0 Å². The van der Waals surface area contributed by atoms with Crippen molar-refractivity contribution in [2.75, 3.05) is 7.11 Å². The number of hydrogen-bond donors (Lipinski definition) is 1. The van der Waals surface area contributed by atoms with Crippen LogP contribution in [0.3, 0.4) is 0 Å². The number of hydrogen-bond acceptors (Lipinski definition) is 2. The summed E-state index contributed by atoms with van der Waals surface area (Å²) >= 11 is 0. The zero-order valence-corrected chi connectivity index (χ0v) is 11.6. The van der Waals surface area contributed by atoms with Crippen molar-refractivity contribution < 1.29 is 14.6 Å². The van der Waals surface area contributed by atoms with Gasteiger partial charge >= 0.3 is 5.97 Å². The average Bonchev–Trinajstić information content (AvgIpc) is 2.46. The van der Waals surface area contributed by atoms with Crippen molar-refractivity contribution in [2.24, 2.45) is 11.8 Å². The lowest BCUT2D eigenvalue weighted by molar-refractivity contribution is -0.143. The second-order valence-corrected chi connectivity index (χ2v) is 5.40. The third-order valence-corrected chi connectivity index (χ3v) is 4.40. The molecule has 1 N–H and O–H groups in total. The van der Waals surface area contributed by atoms with Crippen LogP contribution >= 0.6 is 0 Å². The summed E-state index contributed by atoms with van der Waals surface area (Å²) in [5.41, 5.74) is 1.32. The summed E-state index contributed by atoms with van der Waals surface area (Å²) in [7, 11) is 1.67. The first kappa shape index (κ1) is 13.9. The number of carbonyl (C=O) groups is 1. The standard InChI is InChI=1S/C16H22O3/c1-3-11-10-13(16(17)18)6-9-15(11)12-4-7-14(19-2)8-5-12/h4-5,7-8,11,13,15H,3,6,9-10H2,1-2H3,(H,17,18)/t11-,13-,15-/m1/s1. The monoisotopic (exact) mass is 262 g/mol. The van der Waals surface area contributed by atoms with E-state index < -0.39 is 5.97 Å². The number of rotatable bonds is 4. The summed E-state index contributed by atoms with van der Waals surface area (Å²) in [6, 6.07) is 8.22. The third kappa shape index (κ3) is 3.09. The fourth-order valence-electron chi connectivity index (χ4n) is 3.23. The number of carboxylic acid groups (broad SMARTS) is 1. The Morgan fingerprint density at radius 3 is 2.53 bits per heavy atom. The lowest BCUT2D eigenvalue weighted by atomic mass is 9.70. The largest absolute Gasteiger partial charge is 0.497 e. The van der Waals surface area contributed by atoms with E-state index in [9.17, 15) is 4.79 Å². The maximum absolute atomic E-state index is 11.1. The zero-order chi connectivity index (χ0) is 13.8. The van der Waals surface area contributed by atoms with E-state index in [2.05, 4.69) is 19.1 Å². The summed E-state index contributed by atoms with van der Waals surface area (Å²) in [6.45, 7) is 2.16. The normalized spacial score (nSPS) is 26.9. The van der Waals surface area contributed by atoms with Crippen LogP contribution in [-0.4, -0.2) is 18.2 Å². The lowest BCUT2D eigenvalue weighted by Gasteiger charge is -2.34. The Morgan fingerprint density at radius 1 is 1.32 bits per heavy atom. The van der Waals surface area contributed by atoms with Gasteiger partial charge in [0.25, 0.3) is 0 Å². The Labute approximate surface area is 114 Å². The Kier molecular flexibility index (Phi) is 4.46. The molecule has 0 radical (unpaired) electrons. The van der Waals surface area contributed by atoms with Crippen molar-refractivity contribution in [1.82, 2.24) is 0 Å². The molecule has 0 amide bonds. The zero-order valence-electron chi connectivity index (χ0n) is 11.6. The molecular weight excluding hydrogens is 240 g/mol. The predicted molar refractivity (Wildman–Crippen MR) is 74.5 cm³/mol. The molecule has 2 rings (SSSR count). The van der Waals surface area contributed by atoms with E-state index in [4.69, 9.17) is 9.84 Å². The van der Waals surface area contributed by atoms with Crippen molar-refractivity contribution in [3.05, 3.63) is 29.8 Å². The molecule has 0 saturated heterocycles. The summed E-state index contributed by atoms with van der Waals surface area (Å²) in [5.74, 6) is 1.05. The van der Waals surface area contributed by atoms with Crippen LogP contribution in [0.15, 0.2) is 24.3 Å². The third-order valence-electron chi connectivity index (χ3n) is 4.40.